The molecule has 1 aliphatic heterocycles. The van der Waals surface area contributed by atoms with Crippen molar-refractivity contribution in [3.05, 3.63) is 42.7 Å². The van der Waals surface area contributed by atoms with Gasteiger partial charge in [-0.3, -0.25) is 0 Å². The minimum absolute atomic E-state index is 0.0197. The van der Waals surface area contributed by atoms with E-state index in [1.807, 2.05) is 24.3 Å². The summed E-state index contributed by atoms with van der Waals surface area (Å²) in [5.41, 5.74) is 0.840. The summed E-state index contributed by atoms with van der Waals surface area (Å²) >= 11 is 0. The van der Waals surface area contributed by atoms with E-state index in [1.54, 1.807) is 18.5 Å². The Balaban J connectivity index is 1.59. The Hall–Kier alpha value is -2.19. The van der Waals surface area contributed by atoms with E-state index < -0.39 is 10.0 Å². The van der Waals surface area contributed by atoms with Gasteiger partial charge in [0.25, 0.3) is 0 Å². The molecule has 8 heteroatoms. The van der Waals surface area contributed by atoms with Crippen molar-refractivity contribution in [3.63, 3.8) is 0 Å². The van der Waals surface area contributed by atoms with Crippen molar-refractivity contribution >= 4 is 21.7 Å². The Morgan fingerprint density at radius 3 is 2.54 bits per heavy atom. The second-order valence-corrected chi connectivity index (χ2v) is 7.69. The van der Waals surface area contributed by atoms with E-state index >= 15 is 0 Å². The molecule has 0 spiro atoms. The van der Waals surface area contributed by atoms with Gasteiger partial charge >= 0.3 is 0 Å². The Morgan fingerprint density at radius 1 is 1.17 bits per heavy atom. The molecule has 2 heterocycles. The van der Waals surface area contributed by atoms with Crippen molar-refractivity contribution in [1.29, 1.82) is 0 Å². The van der Waals surface area contributed by atoms with Gasteiger partial charge in [-0.1, -0.05) is 6.07 Å². The van der Waals surface area contributed by atoms with Crippen LogP contribution in [0, 0.1) is 0 Å². The summed E-state index contributed by atoms with van der Waals surface area (Å²) in [5.74, 6) is 1.27. The molecule has 24 heavy (non-hydrogen) atoms. The highest BCUT2D eigenvalue weighted by molar-refractivity contribution is 7.88. The molecule has 0 amide bonds. The number of nitrogens with one attached hydrogen (secondary N) is 1. The van der Waals surface area contributed by atoms with Crippen LogP contribution in [-0.2, 0) is 10.0 Å². The zero-order valence-electron chi connectivity index (χ0n) is 13.4. The number of hydrogen-bond donors (Lipinski definition) is 1. The summed E-state index contributed by atoms with van der Waals surface area (Å²) in [7, 11) is -3.11. The lowest BCUT2D eigenvalue weighted by molar-refractivity contribution is 0.135. The summed E-state index contributed by atoms with van der Waals surface area (Å²) in [6, 6.07) is 9.34. The summed E-state index contributed by atoms with van der Waals surface area (Å²) in [6.45, 7) is 0.999. The van der Waals surface area contributed by atoms with Gasteiger partial charge in [-0.15, -0.1) is 0 Å². The maximum Gasteiger partial charge on any atom is 0.227 e. The monoisotopic (exact) mass is 348 g/mol. The van der Waals surface area contributed by atoms with Crippen molar-refractivity contribution in [2.75, 3.05) is 24.7 Å². The van der Waals surface area contributed by atoms with Gasteiger partial charge in [-0.2, -0.15) is 0 Å². The van der Waals surface area contributed by atoms with E-state index in [0.717, 1.165) is 11.4 Å². The predicted octanol–water partition coefficient (Wildman–Crippen LogP) is 2.02. The van der Waals surface area contributed by atoms with Crippen LogP contribution in [0.2, 0.25) is 0 Å². The average Bonchev–Trinajstić information content (AvgIpc) is 2.56. The van der Waals surface area contributed by atoms with E-state index in [1.165, 1.54) is 10.6 Å². The molecule has 128 valence electrons. The first-order chi connectivity index (χ1) is 11.5. The molecule has 7 nitrogen and oxygen atoms in total. The maximum atomic E-state index is 11.5. The van der Waals surface area contributed by atoms with Crippen LogP contribution in [0.15, 0.2) is 42.7 Å². The van der Waals surface area contributed by atoms with Gasteiger partial charge in [0.1, 0.15) is 11.9 Å². The van der Waals surface area contributed by atoms with Gasteiger partial charge < -0.3 is 10.1 Å². The zero-order chi connectivity index (χ0) is 17.0. The van der Waals surface area contributed by atoms with Crippen LogP contribution in [0.3, 0.4) is 0 Å². The van der Waals surface area contributed by atoms with Gasteiger partial charge in [0.05, 0.1) is 6.26 Å². The molecule has 0 atom stereocenters. The van der Waals surface area contributed by atoms with Crippen LogP contribution in [0.5, 0.6) is 5.75 Å². The Labute approximate surface area is 141 Å². The number of hydrogen-bond acceptors (Lipinski definition) is 6. The first kappa shape index (κ1) is 16.7. The molecule has 1 aliphatic rings. The molecule has 0 radical (unpaired) electrons. The van der Waals surface area contributed by atoms with Gasteiger partial charge in [0.2, 0.25) is 16.0 Å². The number of nitrogens with zero attached hydrogens (tertiary/aromatic N) is 3. The number of aromatic nitrogens is 2. The molecular formula is C16H20N4O3S. The van der Waals surface area contributed by atoms with Crippen LogP contribution < -0.4 is 10.1 Å². The minimum atomic E-state index is -3.11. The Bertz CT molecular complexity index is 775. The first-order valence-corrected chi connectivity index (χ1v) is 9.61. The molecule has 1 saturated heterocycles. The molecule has 0 saturated carbocycles. The summed E-state index contributed by atoms with van der Waals surface area (Å²) in [4.78, 5) is 8.25. The highest BCUT2D eigenvalue weighted by Gasteiger charge is 2.25. The third kappa shape index (κ3) is 4.42. The van der Waals surface area contributed by atoms with Crippen molar-refractivity contribution in [2.45, 2.75) is 18.9 Å². The SMILES string of the molecule is CS(=O)(=O)N1CCC(Oc2cccc(Nc3ncccn3)c2)CC1. The molecule has 0 unspecified atom stereocenters. The maximum absolute atomic E-state index is 11.5. The second-order valence-electron chi connectivity index (χ2n) is 5.70. The van der Waals surface area contributed by atoms with E-state index in [2.05, 4.69) is 15.3 Å². The lowest BCUT2D eigenvalue weighted by Gasteiger charge is -2.30. The van der Waals surface area contributed by atoms with Gasteiger partial charge in [0.15, 0.2) is 0 Å². The molecule has 2 aromatic rings. The van der Waals surface area contributed by atoms with Crippen molar-refractivity contribution in [2.24, 2.45) is 0 Å². The van der Waals surface area contributed by atoms with Gasteiger partial charge in [-0.05, 0) is 31.0 Å². The van der Waals surface area contributed by atoms with Crippen molar-refractivity contribution in [3.8, 4) is 5.75 Å². The second kappa shape index (κ2) is 7.14. The lowest BCUT2D eigenvalue weighted by atomic mass is 10.1. The largest absolute Gasteiger partial charge is 0.490 e. The van der Waals surface area contributed by atoms with Crippen LogP contribution in [0.1, 0.15) is 12.8 Å². The van der Waals surface area contributed by atoms with Crippen LogP contribution in [0.4, 0.5) is 11.6 Å². The smallest absolute Gasteiger partial charge is 0.227 e. The zero-order valence-corrected chi connectivity index (χ0v) is 14.2. The van der Waals surface area contributed by atoms with Crippen molar-refractivity contribution in [1.82, 2.24) is 14.3 Å². The molecule has 1 aromatic carbocycles. The summed E-state index contributed by atoms with van der Waals surface area (Å²) in [6.07, 6.45) is 5.98. The number of piperidine rings is 1. The van der Waals surface area contributed by atoms with Gasteiger partial charge in [-0.25, -0.2) is 22.7 Å². The number of benzene rings is 1. The molecular weight excluding hydrogens is 328 g/mol. The summed E-state index contributed by atoms with van der Waals surface area (Å²) < 4.78 is 30.6. The molecule has 1 aromatic heterocycles. The van der Waals surface area contributed by atoms with E-state index in [0.29, 0.717) is 31.9 Å². The molecule has 1 fully saturated rings. The topological polar surface area (TPSA) is 84.4 Å². The normalized spacial score (nSPS) is 16.7. The minimum Gasteiger partial charge on any atom is -0.490 e. The number of anilines is 2. The first-order valence-electron chi connectivity index (χ1n) is 7.76. The fourth-order valence-electron chi connectivity index (χ4n) is 2.61. The van der Waals surface area contributed by atoms with E-state index in [9.17, 15) is 8.42 Å². The fraction of sp³-hybridized carbons (Fsp3) is 0.375. The number of sulfonamides is 1. The van der Waals surface area contributed by atoms with E-state index in [4.69, 9.17) is 4.74 Å². The van der Waals surface area contributed by atoms with Crippen LogP contribution in [-0.4, -0.2) is 48.1 Å². The number of rotatable bonds is 5. The highest BCUT2D eigenvalue weighted by atomic mass is 32.2. The van der Waals surface area contributed by atoms with Crippen LogP contribution >= 0.6 is 0 Å². The van der Waals surface area contributed by atoms with E-state index in [-0.39, 0.29) is 6.10 Å². The summed E-state index contributed by atoms with van der Waals surface area (Å²) in [5, 5.41) is 3.12. The molecule has 0 aliphatic carbocycles. The Morgan fingerprint density at radius 2 is 1.88 bits per heavy atom. The fourth-order valence-corrected chi connectivity index (χ4v) is 3.49. The third-order valence-corrected chi connectivity index (χ3v) is 5.13. The predicted molar refractivity (Wildman–Crippen MR) is 91.8 cm³/mol. The highest BCUT2D eigenvalue weighted by Crippen LogP contribution is 2.24. The third-order valence-electron chi connectivity index (χ3n) is 3.83. The quantitative estimate of drug-likeness (QED) is 0.890. The lowest BCUT2D eigenvalue weighted by Crippen LogP contribution is -2.41. The number of ether oxygens (including phenoxy) is 1. The van der Waals surface area contributed by atoms with Crippen LogP contribution in [0.25, 0.3) is 0 Å². The molecule has 0 bridgehead atoms. The van der Waals surface area contributed by atoms with Gasteiger partial charge in [0, 0.05) is 37.2 Å². The molecule has 1 N–H and O–H groups in total. The van der Waals surface area contributed by atoms with Crippen molar-refractivity contribution < 1.29 is 13.2 Å². The molecule has 3 rings (SSSR count). The average molecular weight is 348 g/mol. The standard InChI is InChI=1S/C16H20N4O3S/c1-24(21,22)20-10-6-14(7-11-20)23-15-5-2-4-13(12-15)19-16-17-8-3-9-18-16/h2-5,8-9,12,14H,6-7,10-11H2,1H3,(H,17,18,19). The Kier molecular flexibility index (Phi) is 4.96.